The zero-order valence-corrected chi connectivity index (χ0v) is 15.7. The van der Waals surface area contributed by atoms with Crippen molar-refractivity contribution in [2.45, 2.75) is 6.92 Å². The predicted molar refractivity (Wildman–Crippen MR) is 68.2 cm³/mol. The molecule has 1 aromatic carbocycles. The molecule has 25 heavy (non-hydrogen) atoms. The van der Waals surface area contributed by atoms with E-state index in [4.69, 9.17) is 0 Å². The van der Waals surface area contributed by atoms with E-state index in [9.17, 15) is 56.6 Å². The standard InChI is InChI=1S/C8H8O.3BF4.K.H/c1-7-2-4-8(6-9)5-3-7;3*2-1(3,4)5;;/h2-6H,1H3;;;;;/q;3*-1;+1;-1. The zero-order chi connectivity index (χ0) is 20.2. The zero-order valence-electron chi connectivity index (χ0n) is 13.6. The summed E-state index contributed by atoms with van der Waals surface area (Å²) in [5, 5.41) is 0. The third-order valence-corrected chi connectivity index (χ3v) is 1.21. The van der Waals surface area contributed by atoms with Gasteiger partial charge in [-0.2, -0.15) is 0 Å². The monoisotopic (exact) mass is 421 g/mol. The van der Waals surface area contributed by atoms with Crippen LogP contribution >= 0.6 is 0 Å². The van der Waals surface area contributed by atoms with Crippen LogP contribution in [0.15, 0.2) is 24.3 Å². The van der Waals surface area contributed by atoms with E-state index >= 15 is 0 Å². The number of hydrogen-bond donors (Lipinski definition) is 0. The molecule has 0 atom stereocenters. The summed E-state index contributed by atoms with van der Waals surface area (Å²) < 4.78 is 117. The van der Waals surface area contributed by atoms with Gasteiger partial charge in [0.25, 0.3) is 0 Å². The fourth-order valence-electron chi connectivity index (χ4n) is 0.645. The van der Waals surface area contributed by atoms with E-state index in [1.807, 2.05) is 31.2 Å². The molecule has 0 aromatic heterocycles. The van der Waals surface area contributed by atoms with E-state index < -0.39 is 21.8 Å². The van der Waals surface area contributed by atoms with Gasteiger partial charge in [0.05, 0.1) is 0 Å². The molecule has 0 radical (unpaired) electrons. The average Bonchev–Trinajstić information content (AvgIpc) is 2.23. The van der Waals surface area contributed by atoms with Crippen molar-refractivity contribution < 1.29 is 109 Å². The molecular formula is C8H9B3F12KO-3. The Balaban J connectivity index is -0.0000000771. The van der Waals surface area contributed by atoms with Gasteiger partial charge in [0.2, 0.25) is 0 Å². The summed E-state index contributed by atoms with van der Waals surface area (Å²) in [5.41, 5.74) is 1.92. The maximum atomic E-state index is 10.1. The van der Waals surface area contributed by atoms with E-state index in [1.54, 1.807) is 0 Å². The topological polar surface area (TPSA) is 17.1 Å². The van der Waals surface area contributed by atoms with Crippen LogP contribution in [0.4, 0.5) is 51.8 Å². The van der Waals surface area contributed by atoms with Gasteiger partial charge in [-0.05, 0) is 6.92 Å². The predicted octanol–water partition coefficient (Wildman–Crippen LogP) is 2.82. The van der Waals surface area contributed by atoms with Gasteiger partial charge in [0.15, 0.2) is 0 Å². The van der Waals surface area contributed by atoms with Crippen LogP contribution in [-0.2, 0) is 0 Å². The van der Waals surface area contributed by atoms with Crippen LogP contribution in [0.5, 0.6) is 0 Å². The van der Waals surface area contributed by atoms with Gasteiger partial charge in [-0.25, -0.2) is 0 Å². The quantitative estimate of drug-likeness (QED) is 0.388. The average molecular weight is 421 g/mol. The van der Waals surface area contributed by atoms with Gasteiger partial charge in [0.1, 0.15) is 6.29 Å². The van der Waals surface area contributed by atoms with Crippen LogP contribution in [0, 0.1) is 6.92 Å². The van der Waals surface area contributed by atoms with Crippen LogP contribution in [0.1, 0.15) is 17.3 Å². The molecule has 0 N–H and O–H groups in total. The molecule has 0 amide bonds. The Morgan fingerprint density at radius 1 is 0.680 bits per heavy atom. The second-order valence-electron chi connectivity index (χ2n) is 3.51. The molecule has 1 aromatic rings. The van der Waals surface area contributed by atoms with E-state index in [0.29, 0.717) is 0 Å². The van der Waals surface area contributed by atoms with Crippen LogP contribution in [-0.4, -0.2) is 28.0 Å². The van der Waals surface area contributed by atoms with Crippen molar-refractivity contribution in [3.05, 3.63) is 35.4 Å². The van der Waals surface area contributed by atoms with Crippen molar-refractivity contribution in [3.8, 4) is 0 Å². The van der Waals surface area contributed by atoms with Crippen LogP contribution in [0.25, 0.3) is 0 Å². The number of aryl methyl sites for hydroxylation is 1. The Kier molecular flexibility index (Phi) is 19.5. The third-order valence-electron chi connectivity index (χ3n) is 1.21. The van der Waals surface area contributed by atoms with Crippen molar-refractivity contribution in [1.82, 2.24) is 0 Å². The second kappa shape index (κ2) is 15.0. The first-order chi connectivity index (χ1) is 10.3. The van der Waals surface area contributed by atoms with Crippen molar-refractivity contribution in [3.63, 3.8) is 0 Å². The molecule has 0 bridgehead atoms. The van der Waals surface area contributed by atoms with Gasteiger partial charge < -0.3 is 53.2 Å². The summed E-state index contributed by atoms with van der Waals surface area (Å²) in [6.07, 6.45) is 0.847. The Morgan fingerprint density at radius 2 is 0.880 bits per heavy atom. The van der Waals surface area contributed by atoms with Gasteiger partial charge in [-0.3, -0.25) is 4.79 Å². The molecule has 0 aliphatic rings. The second-order valence-corrected chi connectivity index (χ2v) is 3.51. The molecule has 0 aliphatic heterocycles. The van der Waals surface area contributed by atoms with Crippen LogP contribution in [0.3, 0.4) is 0 Å². The SMILES string of the molecule is Cc1ccc(C=O)cc1.F[B-](F)(F)F.F[B-](F)(F)F.F[B-](F)(F)F.[H-].[K+]. The number of carbonyl (C=O) groups is 1. The van der Waals surface area contributed by atoms with Crippen molar-refractivity contribution >= 4 is 28.0 Å². The molecule has 0 saturated carbocycles. The van der Waals surface area contributed by atoms with E-state index in [2.05, 4.69) is 0 Å². The first-order valence-corrected chi connectivity index (χ1v) is 5.46. The molecule has 0 fully saturated rings. The molecule has 0 aliphatic carbocycles. The van der Waals surface area contributed by atoms with Crippen molar-refractivity contribution in [2.24, 2.45) is 0 Å². The largest absolute Gasteiger partial charge is 1.00 e. The third kappa shape index (κ3) is 81.0. The molecule has 0 heterocycles. The fourth-order valence-corrected chi connectivity index (χ4v) is 0.645. The molecule has 144 valence electrons. The van der Waals surface area contributed by atoms with Gasteiger partial charge in [0, 0.05) is 5.56 Å². The molecule has 0 saturated heterocycles. The van der Waals surface area contributed by atoms with E-state index in [-0.39, 0.29) is 52.8 Å². The maximum Gasteiger partial charge on any atom is 1.00 e. The molecular weight excluding hydrogens is 412 g/mol. The van der Waals surface area contributed by atoms with E-state index in [0.717, 1.165) is 11.8 Å². The van der Waals surface area contributed by atoms with Gasteiger partial charge in [-0.15, -0.1) is 0 Å². The minimum Gasteiger partial charge on any atom is -1.00 e. The number of rotatable bonds is 1. The molecule has 17 heteroatoms. The summed E-state index contributed by atoms with van der Waals surface area (Å²) in [7, 11) is -18.0. The molecule has 0 unspecified atom stereocenters. The summed E-state index contributed by atoms with van der Waals surface area (Å²) in [6.45, 7) is 1.99. The fraction of sp³-hybridized carbons (Fsp3) is 0.125. The minimum absolute atomic E-state index is 0. The minimum atomic E-state index is -6.00. The molecule has 1 rings (SSSR count). The first kappa shape index (κ1) is 32.5. The Bertz CT molecular complexity index is 403. The number of hydrogen-bond acceptors (Lipinski definition) is 1. The normalized spacial score (nSPS) is 10.4. The van der Waals surface area contributed by atoms with Crippen molar-refractivity contribution in [2.75, 3.05) is 0 Å². The number of benzene rings is 1. The summed E-state index contributed by atoms with van der Waals surface area (Å²) in [5.74, 6) is 0. The number of aldehydes is 1. The van der Waals surface area contributed by atoms with Crippen molar-refractivity contribution in [1.29, 1.82) is 0 Å². The van der Waals surface area contributed by atoms with E-state index in [1.165, 1.54) is 5.56 Å². The van der Waals surface area contributed by atoms with Crippen LogP contribution in [0.2, 0.25) is 0 Å². The summed E-state index contributed by atoms with van der Waals surface area (Å²) in [6, 6.07) is 7.46. The number of carbonyl (C=O) groups excluding carboxylic acids is 1. The Hall–Kier alpha value is -0.119. The molecule has 1 nitrogen and oxygen atoms in total. The van der Waals surface area contributed by atoms with Gasteiger partial charge >= 0.3 is 73.1 Å². The first-order valence-electron chi connectivity index (χ1n) is 5.46. The van der Waals surface area contributed by atoms with Gasteiger partial charge in [-0.1, -0.05) is 29.8 Å². The smallest absolute Gasteiger partial charge is 1.00 e. The van der Waals surface area contributed by atoms with Crippen LogP contribution < -0.4 is 51.4 Å². The summed E-state index contributed by atoms with van der Waals surface area (Å²) in [4.78, 5) is 10.1. The maximum absolute atomic E-state index is 10.1. The number of halogens is 12. The Labute approximate surface area is 178 Å². The Morgan fingerprint density at radius 3 is 1.04 bits per heavy atom. The summed E-state index contributed by atoms with van der Waals surface area (Å²) >= 11 is 0. The molecule has 0 spiro atoms.